The molecule has 0 spiro atoms. The van der Waals surface area contributed by atoms with E-state index in [0.717, 1.165) is 0 Å². The van der Waals surface area contributed by atoms with Gasteiger partial charge in [-0.2, -0.15) is 0 Å². The van der Waals surface area contributed by atoms with E-state index in [0.29, 0.717) is 0 Å². The minimum Gasteiger partial charge on any atom is -0.0983 e. The molecule has 0 aliphatic rings. The first-order valence-electron chi connectivity index (χ1n) is 3.25. The smallest absolute Gasteiger partial charge is 0.0204 e. The van der Waals surface area contributed by atoms with Gasteiger partial charge in [0.15, 0.2) is 0 Å². The molecule has 0 aliphatic heterocycles. The molecule has 1 rings (SSSR count). The number of rotatable bonds is 2. The maximum absolute atomic E-state index is 3.77. The van der Waals surface area contributed by atoms with Crippen molar-refractivity contribution in [1.29, 1.82) is 0 Å². The summed E-state index contributed by atoms with van der Waals surface area (Å²) in [4.78, 5) is 0. The Morgan fingerprint density at radius 2 is 1.90 bits per heavy atom. The Labute approximate surface area is 63.3 Å². The highest BCUT2D eigenvalue weighted by atomic mass is 31.1. The van der Waals surface area contributed by atoms with Crippen molar-refractivity contribution in [3.05, 3.63) is 42.7 Å². The average molecular weight is 150 g/mol. The van der Waals surface area contributed by atoms with E-state index >= 15 is 0 Å². The van der Waals surface area contributed by atoms with Gasteiger partial charge in [0.1, 0.15) is 0 Å². The van der Waals surface area contributed by atoms with Crippen LogP contribution in [0.25, 0.3) is 0 Å². The molecule has 1 unspecified atom stereocenters. The molecule has 0 bridgehead atoms. The summed E-state index contributed by atoms with van der Waals surface area (Å²) >= 11 is 0. The van der Waals surface area contributed by atoms with Crippen LogP contribution in [0.15, 0.2) is 42.7 Å². The first-order chi connectivity index (χ1) is 4.84. The average Bonchev–Trinajstić information content (AvgIpc) is 2.05. The van der Waals surface area contributed by atoms with E-state index in [4.69, 9.17) is 0 Å². The summed E-state index contributed by atoms with van der Waals surface area (Å²) in [7, 11) is -0.110. The van der Waals surface area contributed by atoms with Crippen LogP contribution in [0, 0.1) is 0 Å². The molecule has 1 atom stereocenters. The second kappa shape index (κ2) is 3.53. The summed E-state index contributed by atoms with van der Waals surface area (Å²) in [5.74, 6) is 2.02. The van der Waals surface area contributed by atoms with Crippen molar-refractivity contribution < 1.29 is 0 Å². The van der Waals surface area contributed by atoms with Crippen molar-refractivity contribution in [2.75, 3.05) is 6.66 Å². The molecule has 0 heterocycles. The highest BCUT2D eigenvalue weighted by Gasteiger charge is 1.95. The lowest BCUT2D eigenvalue weighted by atomic mass is 10.4. The zero-order chi connectivity index (χ0) is 7.40. The maximum atomic E-state index is 3.77. The van der Waals surface area contributed by atoms with E-state index in [9.17, 15) is 0 Å². The first kappa shape index (κ1) is 7.50. The fraction of sp³-hybridized carbons (Fsp3) is 0.111. The van der Waals surface area contributed by atoms with Gasteiger partial charge < -0.3 is 0 Å². The third-order valence-corrected chi connectivity index (χ3v) is 3.10. The quantitative estimate of drug-likeness (QED) is 0.568. The fourth-order valence-corrected chi connectivity index (χ4v) is 1.62. The topological polar surface area (TPSA) is 0 Å². The van der Waals surface area contributed by atoms with Crippen molar-refractivity contribution >= 4 is 13.2 Å². The SMILES string of the molecule is C=CP(C)c1ccccc1. The predicted molar refractivity (Wildman–Crippen MR) is 49.1 cm³/mol. The molecular weight excluding hydrogens is 139 g/mol. The molecule has 10 heavy (non-hydrogen) atoms. The molecule has 0 nitrogen and oxygen atoms in total. The summed E-state index contributed by atoms with van der Waals surface area (Å²) in [6, 6.07) is 10.5. The number of hydrogen-bond acceptors (Lipinski definition) is 0. The predicted octanol–water partition coefficient (Wildman–Crippen LogP) is 2.57. The van der Waals surface area contributed by atoms with Crippen LogP contribution in [0.3, 0.4) is 0 Å². The lowest BCUT2D eigenvalue weighted by molar-refractivity contribution is 1.77. The van der Waals surface area contributed by atoms with E-state index < -0.39 is 0 Å². The van der Waals surface area contributed by atoms with E-state index in [2.05, 4.69) is 37.5 Å². The Balaban J connectivity index is 2.84. The standard InChI is InChI=1S/C9H11P/c1-3-10(2)9-7-5-4-6-8-9/h3-8H,1H2,2H3. The molecule has 1 aromatic carbocycles. The van der Waals surface area contributed by atoms with Crippen LogP contribution in [0.2, 0.25) is 0 Å². The van der Waals surface area contributed by atoms with E-state index in [1.807, 2.05) is 11.9 Å². The van der Waals surface area contributed by atoms with Crippen molar-refractivity contribution in [2.24, 2.45) is 0 Å². The van der Waals surface area contributed by atoms with Crippen molar-refractivity contribution in [3.8, 4) is 0 Å². The Morgan fingerprint density at radius 1 is 1.30 bits per heavy atom. The zero-order valence-electron chi connectivity index (χ0n) is 6.12. The third-order valence-electron chi connectivity index (χ3n) is 1.44. The van der Waals surface area contributed by atoms with Gasteiger partial charge in [-0.25, -0.2) is 0 Å². The zero-order valence-corrected chi connectivity index (χ0v) is 7.01. The number of benzene rings is 1. The van der Waals surface area contributed by atoms with E-state index in [-0.39, 0.29) is 7.92 Å². The van der Waals surface area contributed by atoms with Crippen molar-refractivity contribution in [2.45, 2.75) is 0 Å². The lowest BCUT2D eigenvalue weighted by Gasteiger charge is -2.04. The molecule has 0 fully saturated rings. The normalized spacial score (nSPS) is 12.5. The van der Waals surface area contributed by atoms with Crippen LogP contribution in [-0.4, -0.2) is 6.66 Å². The van der Waals surface area contributed by atoms with Crippen LogP contribution in [0.5, 0.6) is 0 Å². The maximum Gasteiger partial charge on any atom is -0.0204 e. The van der Waals surface area contributed by atoms with Crippen LogP contribution in [0.4, 0.5) is 0 Å². The van der Waals surface area contributed by atoms with Gasteiger partial charge in [-0.05, 0) is 12.0 Å². The van der Waals surface area contributed by atoms with Gasteiger partial charge in [0, 0.05) is 0 Å². The summed E-state index contributed by atoms with van der Waals surface area (Å²) in [5.41, 5.74) is 0. The minimum atomic E-state index is -0.110. The second-order valence-corrected chi connectivity index (χ2v) is 4.23. The lowest BCUT2D eigenvalue weighted by Crippen LogP contribution is -1.94. The summed E-state index contributed by atoms with van der Waals surface area (Å²) in [6.07, 6.45) is 0. The largest absolute Gasteiger partial charge is 0.0983 e. The second-order valence-electron chi connectivity index (χ2n) is 2.13. The highest BCUT2D eigenvalue weighted by Crippen LogP contribution is 2.29. The van der Waals surface area contributed by atoms with Crippen LogP contribution in [0.1, 0.15) is 0 Å². The molecule has 0 aliphatic carbocycles. The molecule has 52 valence electrons. The van der Waals surface area contributed by atoms with Gasteiger partial charge in [0.05, 0.1) is 0 Å². The summed E-state index contributed by atoms with van der Waals surface area (Å²) < 4.78 is 0. The van der Waals surface area contributed by atoms with E-state index in [1.54, 1.807) is 0 Å². The van der Waals surface area contributed by atoms with Crippen LogP contribution in [-0.2, 0) is 0 Å². The van der Waals surface area contributed by atoms with Gasteiger partial charge in [-0.15, -0.1) is 0 Å². The van der Waals surface area contributed by atoms with Gasteiger partial charge in [-0.1, -0.05) is 50.6 Å². The van der Waals surface area contributed by atoms with Gasteiger partial charge in [0.2, 0.25) is 0 Å². The summed E-state index contributed by atoms with van der Waals surface area (Å²) in [6.45, 7) is 5.97. The molecule has 0 aromatic heterocycles. The van der Waals surface area contributed by atoms with Crippen LogP contribution < -0.4 is 5.30 Å². The molecular formula is C9H11P. The highest BCUT2D eigenvalue weighted by molar-refractivity contribution is 7.67. The van der Waals surface area contributed by atoms with Crippen molar-refractivity contribution in [1.82, 2.24) is 0 Å². The third kappa shape index (κ3) is 1.68. The monoisotopic (exact) mass is 150 g/mol. The van der Waals surface area contributed by atoms with Crippen molar-refractivity contribution in [3.63, 3.8) is 0 Å². The Bertz CT molecular complexity index is 203. The molecule has 0 N–H and O–H groups in total. The Hall–Kier alpha value is -0.610. The van der Waals surface area contributed by atoms with Gasteiger partial charge >= 0.3 is 0 Å². The molecule has 0 saturated heterocycles. The molecule has 1 aromatic rings. The first-order valence-corrected chi connectivity index (χ1v) is 5.11. The summed E-state index contributed by atoms with van der Waals surface area (Å²) in [5, 5.41) is 1.40. The molecule has 1 heteroatoms. The number of hydrogen-bond donors (Lipinski definition) is 0. The van der Waals surface area contributed by atoms with E-state index in [1.165, 1.54) is 5.30 Å². The fourth-order valence-electron chi connectivity index (χ4n) is 0.769. The van der Waals surface area contributed by atoms with Gasteiger partial charge in [-0.3, -0.25) is 0 Å². The molecule has 0 amide bonds. The van der Waals surface area contributed by atoms with Crippen LogP contribution >= 0.6 is 7.92 Å². The Morgan fingerprint density at radius 3 is 2.40 bits per heavy atom. The molecule has 0 radical (unpaired) electrons. The Kier molecular flexibility index (Phi) is 2.65. The molecule has 0 saturated carbocycles. The van der Waals surface area contributed by atoms with Gasteiger partial charge in [0.25, 0.3) is 0 Å². The minimum absolute atomic E-state index is 0.110.